The van der Waals surface area contributed by atoms with E-state index in [1.165, 1.54) is 4.88 Å². The van der Waals surface area contributed by atoms with Gasteiger partial charge in [-0.1, -0.05) is 13.0 Å². The van der Waals surface area contributed by atoms with Gasteiger partial charge in [0.1, 0.15) is 6.54 Å². The van der Waals surface area contributed by atoms with Gasteiger partial charge in [-0.3, -0.25) is 4.79 Å². The number of hydrogen-bond acceptors (Lipinski definition) is 3. The number of nitrogens with one attached hydrogen (secondary N) is 3. The molecular weight excluding hydrogens is 296 g/mol. The summed E-state index contributed by atoms with van der Waals surface area (Å²) in [5, 5.41) is 11.4. The van der Waals surface area contributed by atoms with E-state index in [2.05, 4.69) is 45.4 Å². The van der Waals surface area contributed by atoms with Crippen molar-refractivity contribution < 1.29 is 4.79 Å². The van der Waals surface area contributed by atoms with Crippen molar-refractivity contribution in [2.24, 2.45) is 4.99 Å². The van der Waals surface area contributed by atoms with E-state index in [0.29, 0.717) is 11.9 Å². The zero-order valence-corrected chi connectivity index (χ0v) is 15.0. The van der Waals surface area contributed by atoms with Gasteiger partial charge in [-0.15, -0.1) is 11.3 Å². The lowest BCUT2D eigenvalue weighted by Crippen LogP contribution is -2.43. The van der Waals surface area contributed by atoms with E-state index in [1.54, 1.807) is 11.3 Å². The summed E-state index contributed by atoms with van der Waals surface area (Å²) >= 11 is 1.76. The Morgan fingerprint density at radius 1 is 1.36 bits per heavy atom. The fourth-order valence-electron chi connectivity index (χ4n) is 1.87. The summed E-state index contributed by atoms with van der Waals surface area (Å²) < 4.78 is 0. The molecule has 22 heavy (non-hydrogen) atoms. The zero-order chi connectivity index (χ0) is 16.6. The average Bonchev–Trinajstić information content (AvgIpc) is 2.93. The van der Waals surface area contributed by atoms with E-state index >= 15 is 0 Å². The molecule has 0 radical (unpaired) electrons. The molecule has 0 aromatic carbocycles. The maximum Gasteiger partial charge on any atom is 0.242 e. The second-order valence-electron chi connectivity index (χ2n) is 6.29. The molecule has 1 rings (SSSR count). The van der Waals surface area contributed by atoms with Crippen LogP contribution in [0.3, 0.4) is 0 Å². The normalized spacial score (nSPS) is 13.6. The first-order valence-electron chi connectivity index (χ1n) is 7.68. The Balaban J connectivity index is 2.50. The maximum atomic E-state index is 11.8. The van der Waals surface area contributed by atoms with Gasteiger partial charge in [0.25, 0.3) is 0 Å². The summed E-state index contributed by atoms with van der Waals surface area (Å²) in [6.45, 7) is 11.7. The number of carbonyl (C=O) groups excluding carboxylic acids is 1. The summed E-state index contributed by atoms with van der Waals surface area (Å²) in [4.78, 5) is 17.5. The van der Waals surface area contributed by atoms with Crippen molar-refractivity contribution in [1.29, 1.82) is 0 Å². The predicted molar refractivity (Wildman–Crippen MR) is 94.6 cm³/mol. The molecule has 1 heterocycles. The highest BCUT2D eigenvalue weighted by molar-refractivity contribution is 7.10. The first kappa shape index (κ1) is 18.5. The largest absolute Gasteiger partial charge is 0.357 e. The summed E-state index contributed by atoms with van der Waals surface area (Å²) in [7, 11) is 0. The van der Waals surface area contributed by atoms with Crippen molar-refractivity contribution in [3.8, 4) is 0 Å². The van der Waals surface area contributed by atoms with Gasteiger partial charge in [0, 0.05) is 29.4 Å². The molecule has 0 aliphatic carbocycles. The van der Waals surface area contributed by atoms with E-state index in [1.807, 2.05) is 27.7 Å². The molecule has 5 nitrogen and oxygen atoms in total. The van der Waals surface area contributed by atoms with Gasteiger partial charge < -0.3 is 16.0 Å². The molecule has 0 bridgehead atoms. The van der Waals surface area contributed by atoms with Crippen LogP contribution in [0.15, 0.2) is 22.5 Å². The third-order valence-electron chi connectivity index (χ3n) is 2.84. The number of aliphatic imine (C=N–C) groups is 1. The molecule has 6 heteroatoms. The molecule has 0 fully saturated rings. The van der Waals surface area contributed by atoms with Crippen LogP contribution in [-0.4, -0.2) is 37.0 Å². The molecule has 1 aromatic rings. The summed E-state index contributed by atoms with van der Waals surface area (Å²) in [6, 6.07) is 4.20. The molecule has 0 aliphatic rings. The van der Waals surface area contributed by atoms with Crippen LogP contribution in [-0.2, 0) is 4.79 Å². The van der Waals surface area contributed by atoms with E-state index in [9.17, 15) is 4.79 Å². The number of rotatable bonds is 6. The van der Waals surface area contributed by atoms with Gasteiger partial charge in [0.2, 0.25) is 5.91 Å². The Labute approximate surface area is 137 Å². The van der Waals surface area contributed by atoms with E-state index in [-0.39, 0.29) is 18.0 Å². The van der Waals surface area contributed by atoms with Gasteiger partial charge >= 0.3 is 0 Å². The molecule has 1 aromatic heterocycles. The third kappa shape index (κ3) is 7.45. The second kappa shape index (κ2) is 8.78. The van der Waals surface area contributed by atoms with Gasteiger partial charge in [0.15, 0.2) is 5.96 Å². The Morgan fingerprint density at radius 3 is 2.64 bits per heavy atom. The molecular formula is C16H28N4OS. The Kier molecular flexibility index (Phi) is 7.38. The van der Waals surface area contributed by atoms with Crippen LogP contribution >= 0.6 is 11.3 Å². The monoisotopic (exact) mass is 324 g/mol. The highest BCUT2D eigenvalue weighted by Gasteiger charge is 2.13. The van der Waals surface area contributed by atoms with Crippen molar-refractivity contribution >= 4 is 23.2 Å². The molecule has 0 aliphatic heterocycles. The van der Waals surface area contributed by atoms with Gasteiger partial charge in [-0.2, -0.15) is 0 Å². The van der Waals surface area contributed by atoms with Gasteiger partial charge in [-0.25, -0.2) is 4.99 Å². The molecule has 0 saturated carbocycles. The first-order valence-corrected chi connectivity index (χ1v) is 8.56. The standard InChI is InChI=1S/C16H28N4OS/c1-6-17-15(19-11-14(21)20-16(3,4)5)18-10-12(2)13-8-7-9-22-13/h7-9,12H,6,10-11H2,1-5H3,(H,20,21)(H2,17,18,19). The fourth-order valence-corrected chi connectivity index (χ4v) is 2.66. The van der Waals surface area contributed by atoms with Crippen LogP contribution in [0.5, 0.6) is 0 Å². The number of hydrogen-bond donors (Lipinski definition) is 3. The zero-order valence-electron chi connectivity index (χ0n) is 14.2. The SMILES string of the molecule is CCNC(=NCC(=O)NC(C)(C)C)NCC(C)c1cccs1. The van der Waals surface area contributed by atoms with Crippen LogP contribution in [0.1, 0.15) is 45.4 Å². The van der Waals surface area contributed by atoms with Crippen LogP contribution in [0.2, 0.25) is 0 Å². The third-order valence-corrected chi connectivity index (χ3v) is 3.95. The second-order valence-corrected chi connectivity index (χ2v) is 7.27. The van der Waals surface area contributed by atoms with Gasteiger partial charge in [-0.05, 0) is 39.1 Å². The molecule has 0 spiro atoms. The Hall–Kier alpha value is -1.56. The van der Waals surface area contributed by atoms with E-state index < -0.39 is 0 Å². The number of amides is 1. The topological polar surface area (TPSA) is 65.5 Å². The van der Waals surface area contributed by atoms with Crippen molar-refractivity contribution in [2.75, 3.05) is 19.6 Å². The van der Waals surface area contributed by atoms with Crippen molar-refractivity contribution in [1.82, 2.24) is 16.0 Å². The summed E-state index contributed by atoms with van der Waals surface area (Å²) in [6.07, 6.45) is 0. The molecule has 1 amide bonds. The minimum absolute atomic E-state index is 0.0731. The molecule has 124 valence electrons. The average molecular weight is 324 g/mol. The first-order chi connectivity index (χ1) is 10.3. The van der Waals surface area contributed by atoms with Crippen molar-refractivity contribution in [3.05, 3.63) is 22.4 Å². The smallest absolute Gasteiger partial charge is 0.242 e. The Bertz CT molecular complexity index is 477. The lowest BCUT2D eigenvalue weighted by molar-refractivity contribution is -0.121. The van der Waals surface area contributed by atoms with Crippen molar-refractivity contribution in [3.63, 3.8) is 0 Å². The lowest BCUT2D eigenvalue weighted by atomic mass is 10.1. The number of thiophene rings is 1. The van der Waals surface area contributed by atoms with Crippen LogP contribution in [0.25, 0.3) is 0 Å². The highest BCUT2D eigenvalue weighted by Crippen LogP contribution is 2.19. The molecule has 3 N–H and O–H groups in total. The quantitative estimate of drug-likeness (QED) is 0.556. The summed E-state index contributed by atoms with van der Waals surface area (Å²) in [5.41, 5.74) is -0.230. The van der Waals surface area contributed by atoms with Crippen LogP contribution < -0.4 is 16.0 Å². The summed E-state index contributed by atoms with van der Waals surface area (Å²) in [5.74, 6) is 1.01. The van der Waals surface area contributed by atoms with E-state index in [0.717, 1.165) is 13.1 Å². The molecule has 1 unspecified atom stereocenters. The number of carbonyl (C=O) groups is 1. The number of guanidine groups is 1. The minimum atomic E-state index is -0.230. The van der Waals surface area contributed by atoms with Gasteiger partial charge in [0.05, 0.1) is 0 Å². The molecule has 1 atom stereocenters. The van der Waals surface area contributed by atoms with Crippen LogP contribution in [0, 0.1) is 0 Å². The minimum Gasteiger partial charge on any atom is -0.357 e. The Morgan fingerprint density at radius 2 is 2.09 bits per heavy atom. The van der Waals surface area contributed by atoms with E-state index in [4.69, 9.17) is 0 Å². The number of nitrogens with zero attached hydrogens (tertiary/aromatic N) is 1. The van der Waals surface area contributed by atoms with Crippen molar-refractivity contribution in [2.45, 2.75) is 46.1 Å². The fraction of sp³-hybridized carbons (Fsp3) is 0.625. The predicted octanol–water partition coefficient (Wildman–Crippen LogP) is 2.32. The lowest BCUT2D eigenvalue weighted by Gasteiger charge is -2.20. The highest BCUT2D eigenvalue weighted by atomic mass is 32.1. The maximum absolute atomic E-state index is 11.8. The van der Waals surface area contributed by atoms with Crippen LogP contribution in [0.4, 0.5) is 0 Å². The molecule has 0 saturated heterocycles.